The van der Waals surface area contributed by atoms with Crippen LogP contribution in [0.15, 0.2) is 31.0 Å². The lowest BCUT2D eigenvalue weighted by Gasteiger charge is -2.00. The molecule has 0 saturated carbocycles. The first-order valence-corrected chi connectivity index (χ1v) is 4.39. The molecule has 2 aromatic heterocycles. The molecule has 2 N–H and O–H groups in total. The molecule has 0 unspecified atom stereocenters. The third-order valence-corrected chi connectivity index (χ3v) is 1.77. The Bertz CT molecular complexity index is 356. The van der Waals surface area contributed by atoms with Crippen molar-refractivity contribution in [1.82, 2.24) is 25.3 Å². The minimum absolute atomic E-state index is 0.703. The van der Waals surface area contributed by atoms with Gasteiger partial charge in [0.05, 0.1) is 12.2 Å². The summed E-state index contributed by atoms with van der Waals surface area (Å²) in [7, 11) is 0. The van der Waals surface area contributed by atoms with Crippen LogP contribution in [-0.2, 0) is 13.1 Å². The summed E-state index contributed by atoms with van der Waals surface area (Å²) in [6, 6.07) is 0. The number of aromatic amines is 1. The smallest absolute Gasteiger partial charge is 0.120 e. The molecule has 0 amide bonds. The molecule has 0 atom stereocenters. The highest BCUT2D eigenvalue weighted by Crippen LogP contribution is 1.91. The number of H-pyrrole nitrogens is 1. The van der Waals surface area contributed by atoms with Gasteiger partial charge in [-0.2, -0.15) is 0 Å². The first-order valence-electron chi connectivity index (χ1n) is 4.39. The zero-order chi connectivity index (χ0) is 9.64. The average Bonchev–Trinajstić information content (AvgIpc) is 2.72. The van der Waals surface area contributed by atoms with E-state index in [4.69, 9.17) is 0 Å². The molecule has 0 aliphatic heterocycles. The van der Waals surface area contributed by atoms with Gasteiger partial charge in [0.1, 0.15) is 5.82 Å². The van der Waals surface area contributed by atoms with Crippen LogP contribution in [0.5, 0.6) is 0 Å². The van der Waals surface area contributed by atoms with Crippen molar-refractivity contribution >= 4 is 0 Å². The molecule has 0 bridgehead atoms. The second-order valence-corrected chi connectivity index (χ2v) is 2.84. The first-order chi connectivity index (χ1) is 6.95. The van der Waals surface area contributed by atoms with Gasteiger partial charge in [-0.15, -0.1) is 0 Å². The van der Waals surface area contributed by atoms with Crippen molar-refractivity contribution in [3.63, 3.8) is 0 Å². The van der Waals surface area contributed by atoms with Gasteiger partial charge < -0.3 is 10.3 Å². The van der Waals surface area contributed by atoms with E-state index >= 15 is 0 Å². The van der Waals surface area contributed by atoms with E-state index in [1.54, 1.807) is 31.0 Å². The van der Waals surface area contributed by atoms with Crippen molar-refractivity contribution in [2.75, 3.05) is 0 Å². The van der Waals surface area contributed by atoms with Crippen LogP contribution < -0.4 is 5.32 Å². The molecule has 5 heteroatoms. The minimum atomic E-state index is 0.703. The molecule has 0 spiro atoms. The highest BCUT2D eigenvalue weighted by molar-refractivity contribution is 4.94. The third kappa shape index (κ3) is 2.37. The Morgan fingerprint density at radius 1 is 1.14 bits per heavy atom. The summed E-state index contributed by atoms with van der Waals surface area (Å²) >= 11 is 0. The van der Waals surface area contributed by atoms with Gasteiger partial charge in [-0.25, -0.2) is 4.98 Å². The molecule has 2 rings (SSSR count). The van der Waals surface area contributed by atoms with Crippen LogP contribution in [0.4, 0.5) is 0 Å². The number of rotatable bonds is 4. The fourth-order valence-corrected chi connectivity index (χ4v) is 1.12. The van der Waals surface area contributed by atoms with Crippen molar-refractivity contribution in [2.45, 2.75) is 13.1 Å². The molecule has 0 aliphatic carbocycles. The highest BCUT2D eigenvalue weighted by atomic mass is 15.0. The summed E-state index contributed by atoms with van der Waals surface area (Å²) in [6.07, 6.45) is 8.63. The molecule has 0 radical (unpaired) electrons. The van der Waals surface area contributed by atoms with E-state index in [-0.39, 0.29) is 0 Å². The normalized spacial score (nSPS) is 10.3. The first kappa shape index (κ1) is 8.83. The van der Waals surface area contributed by atoms with Gasteiger partial charge in [-0.1, -0.05) is 0 Å². The fourth-order valence-electron chi connectivity index (χ4n) is 1.12. The maximum Gasteiger partial charge on any atom is 0.120 e. The van der Waals surface area contributed by atoms with E-state index < -0.39 is 0 Å². The SMILES string of the molecule is c1cnc(CNCc2ncc[nH]2)cn1. The lowest BCUT2D eigenvalue weighted by Crippen LogP contribution is -2.14. The summed E-state index contributed by atoms with van der Waals surface area (Å²) in [5.41, 5.74) is 0.930. The summed E-state index contributed by atoms with van der Waals surface area (Å²) in [4.78, 5) is 15.2. The second kappa shape index (κ2) is 4.48. The van der Waals surface area contributed by atoms with Gasteiger partial charge in [0.15, 0.2) is 0 Å². The number of nitrogens with one attached hydrogen (secondary N) is 2. The molecular weight excluding hydrogens is 178 g/mol. The molecule has 0 aliphatic rings. The molecule has 5 nitrogen and oxygen atoms in total. The highest BCUT2D eigenvalue weighted by Gasteiger charge is 1.95. The van der Waals surface area contributed by atoms with E-state index in [1.807, 2.05) is 0 Å². The maximum atomic E-state index is 4.14. The monoisotopic (exact) mass is 189 g/mol. The average molecular weight is 189 g/mol. The molecule has 72 valence electrons. The van der Waals surface area contributed by atoms with Gasteiger partial charge in [-0.3, -0.25) is 9.97 Å². The Labute approximate surface area is 81.6 Å². The summed E-state index contributed by atoms with van der Waals surface area (Å²) in [5.74, 6) is 0.925. The Morgan fingerprint density at radius 3 is 2.86 bits per heavy atom. The van der Waals surface area contributed by atoms with Crippen molar-refractivity contribution in [3.05, 3.63) is 42.5 Å². The number of hydrogen-bond acceptors (Lipinski definition) is 4. The van der Waals surface area contributed by atoms with E-state index in [2.05, 4.69) is 25.3 Å². The zero-order valence-electron chi connectivity index (χ0n) is 7.64. The van der Waals surface area contributed by atoms with E-state index in [0.29, 0.717) is 13.1 Å². The Balaban J connectivity index is 1.79. The Morgan fingerprint density at radius 2 is 2.14 bits per heavy atom. The lowest BCUT2D eigenvalue weighted by molar-refractivity contribution is 0.655. The largest absolute Gasteiger partial charge is 0.348 e. The molecule has 0 saturated heterocycles. The topological polar surface area (TPSA) is 66.5 Å². The molecule has 14 heavy (non-hydrogen) atoms. The van der Waals surface area contributed by atoms with Crippen molar-refractivity contribution in [3.8, 4) is 0 Å². The van der Waals surface area contributed by atoms with Gasteiger partial charge in [-0.05, 0) is 0 Å². The van der Waals surface area contributed by atoms with Crippen LogP contribution in [0.1, 0.15) is 11.5 Å². The van der Waals surface area contributed by atoms with E-state index in [9.17, 15) is 0 Å². The fraction of sp³-hybridized carbons (Fsp3) is 0.222. The van der Waals surface area contributed by atoms with Crippen LogP contribution in [0, 0.1) is 0 Å². The third-order valence-electron chi connectivity index (χ3n) is 1.77. The zero-order valence-corrected chi connectivity index (χ0v) is 7.64. The van der Waals surface area contributed by atoms with Crippen LogP contribution in [0.2, 0.25) is 0 Å². The molecule has 2 heterocycles. The Kier molecular flexibility index (Phi) is 2.82. The number of imidazole rings is 1. The van der Waals surface area contributed by atoms with Crippen LogP contribution in [0.3, 0.4) is 0 Å². The van der Waals surface area contributed by atoms with Gasteiger partial charge in [0.2, 0.25) is 0 Å². The molecule has 0 fully saturated rings. The van der Waals surface area contributed by atoms with Gasteiger partial charge in [0.25, 0.3) is 0 Å². The van der Waals surface area contributed by atoms with Crippen molar-refractivity contribution in [2.24, 2.45) is 0 Å². The van der Waals surface area contributed by atoms with Crippen LogP contribution in [0.25, 0.3) is 0 Å². The Hall–Kier alpha value is -1.75. The van der Waals surface area contributed by atoms with Crippen molar-refractivity contribution in [1.29, 1.82) is 0 Å². The molecule has 0 aromatic carbocycles. The standard InChI is InChI=1S/C9H11N5/c1-2-12-8(5-10-1)6-11-7-9-13-3-4-14-9/h1-5,11H,6-7H2,(H,13,14). The van der Waals surface area contributed by atoms with Gasteiger partial charge in [0, 0.05) is 37.5 Å². The van der Waals surface area contributed by atoms with E-state index in [0.717, 1.165) is 11.5 Å². The predicted molar refractivity (Wildman–Crippen MR) is 51.2 cm³/mol. The number of nitrogens with zero attached hydrogens (tertiary/aromatic N) is 3. The number of aromatic nitrogens is 4. The predicted octanol–water partition coefficient (Wildman–Crippen LogP) is 0.489. The second-order valence-electron chi connectivity index (χ2n) is 2.84. The molecule has 2 aromatic rings. The minimum Gasteiger partial charge on any atom is -0.348 e. The van der Waals surface area contributed by atoms with E-state index in [1.165, 1.54) is 0 Å². The maximum absolute atomic E-state index is 4.14. The van der Waals surface area contributed by atoms with Gasteiger partial charge >= 0.3 is 0 Å². The van der Waals surface area contributed by atoms with Crippen molar-refractivity contribution < 1.29 is 0 Å². The van der Waals surface area contributed by atoms with Crippen LogP contribution in [-0.4, -0.2) is 19.9 Å². The molecular formula is C9H11N5. The quantitative estimate of drug-likeness (QED) is 0.734. The summed E-state index contributed by atoms with van der Waals surface area (Å²) in [5, 5.41) is 3.21. The lowest BCUT2D eigenvalue weighted by atomic mass is 10.4. The van der Waals surface area contributed by atoms with Crippen LogP contribution >= 0.6 is 0 Å². The summed E-state index contributed by atoms with van der Waals surface area (Å²) in [6.45, 7) is 1.41. The number of hydrogen-bond donors (Lipinski definition) is 2. The summed E-state index contributed by atoms with van der Waals surface area (Å²) < 4.78 is 0.